The molecule has 0 amide bonds. The van der Waals surface area contributed by atoms with Crippen LogP contribution in [-0.2, 0) is 0 Å². The number of allylic oxidation sites excluding steroid dienone is 2. The van der Waals surface area contributed by atoms with Gasteiger partial charge in [0.25, 0.3) is 0 Å². The van der Waals surface area contributed by atoms with Crippen LogP contribution < -0.4 is 0 Å². The Labute approximate surface area is 112 Å². The molecule has 0 spiro atoms. The molecule has 17 heavy (non-hydrogen) atoms. The smallest absolute Gasteiger partial charge is 0 e. The van der Waals surface area contributed by atoms with Crippen LogP contribution in [0.2, 0.25) is 0 Å². The lowest BCUT2D eigenvalue weighted by Crippen LogP contribution is -2.22. The fraction of sp³-hybridized carbons (Fsp3) is 0.882. The molecule has 0 aliphatic heterocycles. The molecule has 0 heterocycles. The maximum absolute atomic E-state index is 2.43. The summed E-state index contributed by atoms with van der Waals surface area (Å²) in [4.78, 5) is 0. The molecular weight excluding hydrogens is 204 g/mol. The van der Waals surface area contributed by atoms with Gasteiger partial charge in [-0.25, -0.2) is 0 Å². The lowest BCUT2D eigenvalue weighted by atomic mass is 9.71. The second kappa shape index (κ2) is 8.78. The summed E-state index contributed by atoms with van der Waals surface area (Å²) in [6.07, 6.45) is 17.8. The van der Waals surface area contributed by atoms with E-state index in [0.717, 1.165) is 17.8 Å². The van der Waals surface area contributed by atoms with Gasteiger partial charge in [-0.15, -0.1) is 0 Å². The molecular formula is C17H36. The Morgan fingerprint density at radius 3 is 1.65 bits per heavy atom. The van der Waals surface area contributed by atoms with Gasteiger partial charge >= 0.3 is 0 Å². The topological polar surface area (TPSA) is 0 Å². The first kappa shape index (κ1) is 14.8. The molecule has 2 rings (SSSR count). The number of rotatable bonds is 1. The monoisotopic (exact) mass is 240 g/mol. The predicted octanol–water partition coefficient (Wildman–Crippen LogP) is 6.47. The minimum Gasteiger partial charge on any atom is -0.0919 e. The van der Waals surface area contributed by atoms with Gasteiger partial charge in [0, 0.05) is 2.85 Å². The van der Waals surface area contributed by atoms with Crippen molar-refractivity contribution in [3.63, 3.8) is 0 Å². The molecule has 0 nitrogen and oxygen atoms in total. The first-order valence-corrected chi connectivity index (χ1v) is 7.85. The van der Waals surface area contributed by atoms with Crippen LogP contribution in [0.25, 0.3) is 0 Å². The Kier molecular flexibility index (Phi) is 7.64. The summed E-state index contributed by atoms with van der Waals surface area (Å²) < 4.78 is 0. The summed E-state index contributed by atoms with van der Waals surface area (Å²) in [5.41, 5.74) is 0. The van der Waals surface area contributed by atoms with E-state index in [1.165, 1.54) is 32.1 Å². The van der Waals surface area contributed by atoms with Crippen LogP contribution in [0.15, 0.2) is 12.2 Å². The molecule has 0 aromatic carbocycles. The minimum absolute atomic E-state index is 0. The molecule has 2 aliphatic rings. The summed E-state index contributed by atoms with van der Waals surface area (Å²) >= 11 is 0. The van der Waals surface area contributed by atoms with Gasteiger partial charge in [-0.3, -0.25) is 0 Å². The molecule has 2 aliphatic carbocycles. The van der Waals surface area contributed by atoms with E-state index < -0.39 is 0 Å². The highest BCUT2D eigenvalue weighted by Crippen LogP contribution is 2.39. The largest absolute Gasteiger partial charge is 0.0919 e. The lowest BCUT2D eigenvalue weighted by Gasteiger charge is -2.34. The Balaban J connectivity index is 0. The highest BCUT2D eigenvalue weighted by molar-refractivity contribution is 4.78. The fourth-order valence-corrected chi connectivity index (χ4v) is 3.36. The van der Waals surface area contributed by atoms with E-state index in [-0.39, 0.29) is 2.85 Å². The number of hydrogen-bond donors (Lipinski definition) is 0. The van der Waals surface area contributed by atoms with Crippen molar-refractivity contribution in [1.29, 1.82) is 0 Å². The average molecular weight is 240 g/mol. The molecule has 0 aromatic rings. The highest BCUT2D eigenvalue weighted by atomic mass is 14.3. The lowest BCUT2D eigenvalue weighted by molar-refractivity contribution is 0.173. The van der Waals surface area contributed by atoms with Gasteiger partial charge in [0.15, 0.2) is 0 Å². The third kappa shape index (κ3) is 5.75. The molecule has 2 fully saturated rings. The molecule has 0 N–H and O–H groups in total. The zero-order valence-corrected chi connectivity index (χ0v) is 12.3. The van der Waals surface area contributed by atoms with Crippen LogP contribution in [0, 0.1) is 17.8 Å². The first-order chi connectivity index (χ1) is 8.27. The molecule has 0 saturated heterocycles. The summed E-state index contributed by atoms with van der Waals surface area (Å²) in [5.74, 6) is 3.28. The van der Waals surface area contributed by atoms with Crippen LogP contribution >= 0.6 is 0 Å². The maximum Gasteiger partial charge on any atom is 0 e. The Hall–Kier alpha value is -0.260. The van der Waals surface area contributed by atoms with E-state index in [2.05, 4.69) is 6.92 Å². The predicted molar refractivity (Wildman–Crippen MR) is 82.4 cm³/mol. The first-order valence-electron chi connectivity index (χ1n) is 7.85. The molecule has 2 saturated carbocycles. The van der Waals surface area contributed by atoms with Crippen molar-refractivity contribution in [3.8, 4) is 0 Å². The van der Waals surface area contributed by atoms with Crippen molar-refractivity contribution in [3.05, 3.63) is 12.2 Å². The summed E-state index contributed by atoms with van der Waals surface area (Å²) in [7, 11) is 0. The quantitative estimate of drug-likeness (QED) is 0.461. The minimum atomic E-state index is 0. The summed E-state index contributed by atoms with van der Waals surface area (Å²) in [6.45, 7) is 6.43. The van der Waals surface area contributed by atoms with E-state index >= 15 is 0 Å². The van der Waals surface area contributed by atoms with Crippen LogP contribution in [0.3, 0.4) is 0 Å². The normalized spacial score (nSPS) is 31.0. The van der Waals surface area contributed by atoms with Crippen molar-refractivity contribution in [2.75, 3.05) is 0 Å². The van der Waals surface area contributed by atoms with E-state index in [1.807, 2.05) is 26.0 Å². The fourth-order valence-electron chi connectivity index (χ4n) is 3.36. The zero-order chi connectivity index (χ0) is 12.5. The summed E-state index contributed by atoms with van der Waals surface area (Å²) in [6, 6.07) is 0. The summed E-state index contributed by atoms with van der Waals surface area (Å²) in [5, 5.41) is 0. The van der Waals surface area contributed by atoms with Gasteiger partial charge in [-0.2, -0.15) is 0 Å². The van der Waals surface area contributed by atoms with Gasteiger partial charge in [-0.1, -0.05) is 64.0 Å². The van der Waals surface area contributed by atoms with Gasteiger partial charge in [-0.05, 0) is 44.4 Å². The van der Waals surface area contributed by atoms with Crippen molar-refractivity contribution >= 4 is 0 Å². The van der Waals surface area contributed by atoms with E-state index in [4.69, 9.17) is 0 Å². The Morgan fingerprint density at radius 2 is 1.18 bits per heavy atom. The average Bonchev–Trinajstić information content (AvgIpc) is 2.41. The van der Waals surface area contributed by atoms with Crippen molar-refractivity contribution < 1.29 is 2.85 Å². The van der Waals surface area contributed by atoms with Crippen LogP contribution in [0.4, 0.5) is 0 Å². The Morgan fingerprint density at radius 1 is 0.706 bits per heavy atom. The van der Waals surface area contributed by atoms with E-state index in [0.29, 0.717) is 0 Å². The molecule has 0 radical (unpaired) electrons. The van der Waals surface area contributed by atoms with Crippen LogP contribution in [-0.4, -0.2) is 0 Å². The third-order valence-electron chi connectivity index (χ3n) is 4.71. The standard InChI is InChI=1S/C13H24.C4H8.2H2/c1-11-7-9-13(10-8-11)12-5-3-2-4-6-12;1-3-4-2;;/h11-13H,2-10H2,1H3;3-4H,1-2H3;2*1H/b;4-3+;;. The molecule has 0 heteroatoms. The van der Waals surface area contributed by atoms with Gasteiger partial charge in [0.05, 0.1) is 0 Å². The van der Waals surface area contributed by atoms with Gasteiger partial charge in [0.2, 0.25) is 0 Å². The van der Waals surface area contributed by atoms with E-state index in [1.54, 1.807) is 25.7 Å². The maximum atomic E-state index is 2.43. The molecule has 0 unspecified atom stereocenters. The van der Waals surface area contributed by atoms with Crippen molar-refractivity contribution in [2.45, 2.75) is 78.6 Å². The SMILES string of the molecule is C/C=C/C.CC1CCC(C2CCCCC2)CC1.[HH].[HH]. The van der Waals surface area contributed by atoms with Gasteiger partial charge < -0.3 is 0 Å². The van der Waals surface area contributed by atoms with E-state index in [9.17, 15) is 0 Å². The second-order valence-corrected chi connectivity index (χ2v) is 6.08. The number of hydrogen-bond acceptors (Lipinski definition) is 0. The molecule has 0 bridgehead atoms. The molecule has 0 aromatic heterocycles. The zero-order valence-electron chi connectivity index (χ0n) is 12.3. The third-order valence-corrected chi connectivity index (χ3v) is 4.71. The second-order valence-electron chi connectivity index (χ2n) is 6.08. The van der Waals surface area contributed by atoms with Crippen LogP contribution in [0.5, 0.6) is 0 Å². The van der Waals surface area contributed by atoms with Gasteiger partial charge in [0.1, 0.15) is 0 Å². The van der Waals surface area contributed by atoms with Crippen molar-refractivity contribution in [1.82, 2.24) is 0 Å². The molecule has 0 atom stereocenters. The van der Waals surface area contributed by atoms with Crippen molar-refractivity contribution in [2.24, 2.45) is 17.8 Å². The Bertz CT molecular complexity index is 195. The highest BCUT2D eigenvalue weighted by Gasteiger charge is 2.26. The van der Waals surface area contributed by atoms with Crippen LogP contribution in [0.1, 0.15) is 81.4 Å². The molecule has 104 valence electrons.